The van der Waals surface area contributed by atoms with Crippen LogP contribution in [0, 0.1) is 0 Å². The molecule has 0 spiro atoms. The molecule has 1 N–H and O–H groups in total. The molecule has 0 atom stereocenters. The van der Waals surface area contributed by atoms with Gasteiger partial charge in [-0.2, -0.15) is 4.98 Å². The van der Waals surface area contributed by atoms with E-state index in [4.69, 9.17) is 4.52 Å². The third-order valence-electron chi connectivity index (χ3n) is 3.76. The van der Waals surface area contributed by atoms with Gasteiger partial charge in [0.2, 0.25) is 5.89 Å². The third kappa shape index (κ3) is 3.07. The molecule has 2 aromatic heterocycles. The topological polar surface area (TPSA) is 102 Å². The van der Waals surface area contributed by atoms with E-state index in [9.17, 15) is 4.79 Å². The van der Waals surface area contributed by atoms with Gasteiger partial charge in [-0.05, 0) is 19.8 Å². The molecular formula is C13H19N7O2. The number of rotatable bonds is 5. The van der Waals surface area contributed by atoms with E-state index in [-0.39, 0.29) is 12.6 Å². The fourth-order valence-corrected chi connectivity index (χ4v) is 2.15. The summed E-state index contributed by atoms with van der Waals surface area (Å²) in [5.41, 5.74) is 0. The van der Waals surface area contributed by atoms with Gasteiger partial charge in [-0.15, -0.1) is 5.10 Å². The predicted molar refractivity (Wildman–Crippen MR) is 77.1 cm³/mol. The first-order chi connectivity index (χ1) is 10.7. The molecule has 2 heterocycles. The highest BCUT2D eigenvalue weighted by Gasteiger charge is 2.25. The van der Waals surface area contributed by atoms with Gasteiger partial charge in [0, 0.05) is 19.5 Å². The number of nitrogens with zero attached hydrogens (tertiary/aromatic N) is 6. The quantitative estimate of drug-likeness (QED) is 0.900. The highest BCUT2D eigenvalue weighted by Crippen LogP contribution is 2.35. The minimum atomic E-state index is -0.293. The summed E-state index contributed by atoms with van der Waals surface area (Å²) in [6.07, 6.45) is 5.09. The van der Waals surface area contributed by atoms with Gasteiger partial charge in [-0.1, -0.05) is 16.8 Å². The van der Waals surface area contributed by atoms with Crippen LogP contribution in [0.1, 0.15) is 43.8 Å². The Bertz CT molecular complexity index is 646. The Kier molecular flexibility index (Phi) is 4.03. The van der Waals surface area contributed by atoms with Crippen molar-refractivity contribution in [3.8, 4) is 0 Å². The van der Waals surface area contributed by atoms with Crippen LogP contribution in [0.4, 0.5) is 10.6 Å². The summed E-state index contributed by atoms with van der Waals surface area (Å²) in [5.74, 6) is 2.00. The van der Waals surface area contributed by atoms with Gasteiger partial charge in [-0.25, -0.2) is 4.79 Å². The smallest absolute Gasteiger partial charge is 0.323 e. The molecule has 1 aliphatic rings. The first kappa shape index (κ1) is 14.5. The lowest BCUT2D eigenvalue weighted by Gasteiger charge is -2.20. The number of aryl methyl sites for hydroxylation is 1. The van der Waals surface area contributed by atoms with Crippen molar-refractivity contribution in [2.45, 2.75) is 45.2 Å². The second kappa shape index (κ2) is 6.12. The highest BCUT2D eigenvalue weighted by molar-refractivity contribution is 5.87. The maximum absolute atomic E-state index is 12.1. The first-order valence-corrected chi connectivity index (χ1v) is 7.40. The van der Waals surface area contributed by atoms with Crippen LogP contribution in [0.5, 0.6) is 0 Å². The first-order valence-electron chi connectivity index (χ1n) is 7.40. The van der Waals surface area contributed by atoms with E-state index < -0.39 is 0 Å². The van der Waals surface area contributed by atoms with Crippen LogP contribution in [0.2, 0.25) is 0 Å². The van der Waals surface area contributed by atoms with E-state index >= 15 is 0 Å². The number of urea groups is 1. The number of hydrogen-bond donors (Lipinski definition) is 1. The normalized spacial score (nSPS) is 14.6. The number of anilines is 1. The fraction of sp³-hybridized carbons (Fsp3) is 0.615. The molecule has 2 amide bonds. The average molecular weight is 305 g/mol. The second-order valence-electron chi connectivity index (χ2n) is 5.42. The van der Waals surface area contributed by atoms with Gasteiger partial charge in [0.1, 0.15) is 0 Å². The SMILES string of the molecule is CCn1cc(NC(=O)N(C)Cc2noc(C3CCC3)n2)nn1. The standard InChI is InChI=1S/C13H19N7O2/c1-3-20-8-10(16-18-20)15-13(21)19(2)7-11-14-12(22-17-11)9-5-4-6-9/h8-9H,3-7H2,1-2H3,(H,15,21). The van der Waals surface area contributed by atoms with E-state index in [0.29, 0.717) is 30.0 Å². The van der Waals surface area contributed by atoms with Crippen LogP contribution in [0.15, 0.2) is 10.7 Å². The van der Waals surface area contributed by atoms with Gasteiger partial charge in [-0.3, -0.25) is 10.00 Å². The second-order valence-corrected chi connectivity index (χ2v) is 5.42. The fourth-order valence-electron chi connectivity index (χ4n) is 2.15. The molecule has 0 aromatic carbocycles. The molecule has 22 heavy (non-hydrogen) atoms. The van der Waals surface area contributed by atoms with Crippen LogP contribution in [-0.2, 0) is 13.1 Å². The van der Waals surface area contributed by atoms with Crippen molar-refractivity contribution in [2.24, 2.45) is 0 Å². The van der Waals surface area contributed by atoms with E-state index in [1.807, 2.05) is 6.92 Å². The molecule has 0 saturated heterocycles. The van der Waals surface area contributed by atoms with Crippen LogP contribution < -0.4 is 5.32 Å². The van der Waals surface area contributed by atoms with Crippen molar-refractivity contribution in [2.75, 3.05) is 12.4 Å². The minimum Gasteiger partial charge on any atom is -0.339 e. The Balaban J connectivity index is 1.55. The van der Waals surface area contributed by atoms with Gasteiger partial charge >= 0.3 is 6.03 Å². The minimum absolute atomic E-state index is 0.282. The Morgan fingerprint density at radius 2 is 2.36 bits per heavy atom. The summed E-state index contributed by atoms with van der Waals surface area (Å²) >= 11 is 0. The summed E-state index contributed by atoms with van der Waals surface area (Å²) in [6, 6.07) is -0.293. The average Bonchev–Trinajstić information content (AvgIpc) is 3.06. The maximum atomic E-state index is 12.1. The molecule has 1 saturated carbocycles. The Hall–Kier alpha value is -2.45. The molecule has 3 rings (SSSR count). The number of carbonyl (C=O) groups is 1. The summed E-state index contributed by atoms with van der Waals surface area (Å²) in [5, 5.41) is 14.3. The van der Waals surface area contributed by atoms with Gasteiger partial charge in [0.15, 0.2) is 11.6 Å². The number of carbonyl (C=O) groups excluding carboxylic acids is 1. The van der Waals surface area contributed by atoms with Crippen LogP contribution in [0.25, 0.3) is 0 Å². The number of hydrogen-bond acceptors (Lipinski definition) is 6. The molecule has 2 aromatic rings. The zero-order valence-electron chi connectivity index (χ0n) is 12.7. The van der Waals surface area contributed by atoms with Gasteiger partial charge in [0.25, 0.3) is 0 Å². The Labute approximate surface area is 127 Å². The molecular weight excluding hydrogens is 286 g/mol. The van der Waals surface area contributed by atoms with Gasteiger partial charge < -0.3 is 9.42 Å². The molecule has 0 unspecified atom stereocenters. The molecule has 0 aliphatic heterocycles. The monoisotopic (exact) mass is 305 g/mol. The number of amides is 2. The molecule has 1 aliphatic carbocycles. The molecule has 0 bridgehead atoms. The van der Waals surface area contributed by atoms with Crippen LogP contribution >= 0.6 is 0 Å². The van der Waals surface area contributed by atoms with Crippen molar-refractivity contribution >= 4 is 11.8 Å². The van der Waals surface area contributed by atoms with Crippen LogP contribution in [-0.4, -0.2) is 43.1 Å². The molecule has 0 radical (unpaired) electrons. The lowest BCUT2D eigenvalue weighted by molar-refractivity contribution is 0.218. The number of nitrogens with one attached hydrogen (secondary N) is 1. The number of aromatic nitrogens is 5. The highest BCUT2D eigenvalue weighted by atomic mass is 16.5. The van der Waals surface area contributed by atoms with Gasteiger partial charge in [0.05, 0.1) is 12.7 Å². The summed E-state index contributed by atoms with van der Waals surface area (Å²) in [4.78, 5) is 17.9. The Morgan fingerprint density at radius 3 is 3.00 bits per heavy atom. The summed E-state index contributed by atoms with van der Waals surface area (Å²) < 4.78 is 6.88. The van der Waals surface area contributed by atoms with E-state index in [0.717, 1.165) is 12.8 Å². The predicted octanol–water partition coefficient (Wildman–Crippen LogP) is 1.61. The van der Waals surface area contributed by atoms with Crippen molar-refractivity contribution in [1.29, 1.82) is 0 Å². The zero-order chi connectivity index (χ0) is 15.5. The largest absolute Gasteiger partial charge is 0.339 e. The molecule has 1 fully saturated rings. The van der Waals surface area contributed by atoms with E-state index in [2.05, 4.69) is 25.8 Å². The molecule has 9 nitrogen and oxygen atoms in total. The van der Waals surface area contributed by atoms with Crippen molar-refractivity contribution in [1.82, 2.24) is 30.0 Å². The molecule has 9 heteroatoms. The maximum Gasteiger partial charge on any atom is 0.323 e. The third-order valence-corrected chi connectivity index (χ3v) is 3.76. The van der Waals surface area contributed by atoms with E-state index in [1.54, 1.807) is 17.9 Å². The molecule has 118 valence electrons. The lowest BCUT2D eigenvalue weighted by Crippen LogP contribution is -2.31. The summed E-state index contributed by atoms with van der Waals surface area (Å²) in [7, 11) is 1.67. The van der Waals surface area contributed by atoms with Crippen molar-refractivity contribution in [3.05, 3.63) is 17.9 Å². The van der Waals surface area contributed by atoms with Crippen molar-refractivity contribution in [3.63, 3.8) is 0 Å². The summed E-state index contributed by atoms with van der Waals surface area (Å²) in [6.45, 7) is 2.93. The lowest BCUT2D eigenvalue weighted by atomic mass is 9.85. The zero-order valence-corrected chi connectivity index (χ0v) is 12.7. The Morgan fingerprint density at radius 1 is 1.55 bits per heavy atom. The van der Waals surface area contributed by atoms with E-state index in [1.165, 1.54) is 11.3 Å². The van der Waals surface area contributed by atoms with Crippen LogP contribution in [0.3, 0.4) is 0 Å². The van der Waals surface area contributed by atoms with Crippen molar-refractivity contribution < 1.29 is 9.32 Å².